The molecule has 0 radical (unpaired) electrons. The minimum Gasteiger partial charge on any atom is -0.486 e. The molecule has 6 heteroatoms. The van der Waals surface area contributed by atoms with E-state index in [-0.39, 0.29) is 16.9 Å². The van der Waals surface area contributed by atoms with Crippen molar-refractivity contribution in [3.8, 4) is 11.8 Å². The molecule has 0 amide bonds. The number of nitro groups is 1. The minimum atomic E-state index is -0.442. The number of nitrogens with one attached hydrogen (secondary N) is 1. The van der Waals surface area contributed by atoms with Crippen LogP contribution in [0.1, 0.15) is 24.8 Å². The van der Waals surface area contributed by atoms with E-state index in [1.165, 1.54) is 6.07 Å². The fourth-order valence-electron chi connectivity index (χ4n) is 2.09. The summed E-state index contributed by atoms with van der Waals surface area (Å²) in [4.78, 5) is 10.6. The monoisotopic (exact) mass is 275 g/mol. The fraction of sp³-hybridized carbons (Fsp3) is 0.500. The zero-order chi connectivity index (χ0) is 14.6. The van der Waals surface area contributed by atoms with E-state index in [0.717, 1.165) is 18.4 Å². The molecule has 1 aliphatic carbocycles. The van der Waals surface area contributed by atoms with E-state index in [0.29, 0.717) is 19.6 Å². The standard InChI is InChI=1S/C14H17N3O3/c1-16-9-11-2-3-12(17(18)19)13(8-11)20-10-14(4-5-14)6-7-15/h2-3,8,16H,4-6,9-10H2,1H3. The van der Waals surface area contributed by atoms with E-state index < -0.39 is 4.92 Å². The lowest BCUT2D eigenvalue weighted by molar-refractivity contribution is -0.385. The quantitative estimate of drug-likeness (QED) is 0.609. The fourth-order valence-corrected chi connectivity index (χ4v) is 2.09. The smallest absolute Gasteiger partial charge is 0.310 e. The molecule has 1 fully saturated rings. The molecule has 20 heavy (non-hydrogen) atoms. The lowest BCUT2D eigenvalue weighted by atomic mass is 10.1. The molecule has 0 spiro atoms. The largest absolute Gasteiger partial charge is 0.486 e. The predicted octanol–water partition coefficient (Wildman–Crippen LogP) is 2.39. The van der Waals surface area contributed by atoms with Gasteiger partial charge in [-0.25, -0.2) is 0 Å². The second-order valence-corrected chi connectivity index (χ2v) is 5.21. The Labute approximate surface area is 117 Å². The first-order chi connectivity index (χ1) is 9.60. The van der Waals surface area contributed by atoms with E-state index in [9.17, 15) is 10.1 Å². The first-order valence-corrected chi connectivity index (χ1v) is 6.52. The van der Waals surface area contributed by atoms with Crippen LogP contribution in [-0.4, -0.2) is 18.6 Å². The van der Waals surface area contributed by atoms with Crippen LogP contribution in [-0.2, 0) is 6.54 Å². The Morgan fingerprint density at radius 2 is 2.30 bits per heavy atom. The average Bonchev–Trinajstić information content (AvgIpc) is 3.17. The molecule has 1 saturated carbocycles. The van der Waals surface area contributed by atoms with Crippen molar-refractivity contribution in [1.82, 2.24) is 5.32 Å². The molecule has 0 unspecified atom stereocenters. The van der Waals surface area contributed by atoms with Gasteiger partial charge in [0.25, 0.3) is 0 Å². The second kappa shape index (κ2) is 5.88. The summed E-state index contributed by atoms with van der Waals surface area (Å²) in [7, 11) is 1.81. The number of benzene rings is 1. The van der Waals surface area contributed by atoms with Crippen molar-refractivity contribution in [3.05, 3.63) is 33.9 Å². The van der Waals surface area contributed by atoms with Crippen LogP contribution in [0.25, 0.3) is 0 Å². The van der Waals surface area contributed by atoms with Crippen molar-refractivity contribution in [1.29, 1.82) is 5.26 Å². The summed E-state index contributed by atoms with van der Waals surface area (Å²) >= 11 is 0. The Hall–Kier alpha value is -2.13. The number of hydrogen-bond acceptors (Lipinski definition) is 5. The van der Waals surface area contributed by atoms with Gasteiger partial charge in [0, 0.05) is 24.4 Å². The average molecular weight is 275 g/mol. The Balaban J connectivity index is 2.13. The molecular weight excluding hydrogens is 258 g/mol. The maximum atomic E-state index is 11.0. The Kier molecular flexibility index (Phi) is 4.20. The van der Waals surface area contributed by atoms with Crippen LogP contribution >= 0.6 is 0 Å². The summed E-state index contributed by atoms with van der Waals surface area (Å²) < 4.78 is 5.64. The van der Waals surface area contributed by atoms with Crippen LogP contribution < -0.4 is 10.1 Å². The molecule has 1 N–H and O–H groups in total. The van der Waals surface area contributed by atoms with Crippen LogP contribution in [0.15, 0.2) is 18.2 Å². The third-order valence-corrected chi connectivity index (χ3v) is 3.55. The molecule has 6 nitrogen and oxygen atoms in total. The molecular formula is C14H17N3O3. The van der Waals surface area contributed by atoms with Crippen molar-refractivity contribution in [3.63, 3.8) is 0 Å². The van der Waals surface area contributed by atoms with Crippen molar-refractivity contribution in [2.24, 2.45) is 5.41 Å². The van der Waals surface area contributed by atoms with Gasteiger partial charge in [-0.15, -0.1) is 0 Å². The van der Waals surface area contributed by atoms with Crippen molar-refractivity contribution >= 4 is 5.69 Å². The Morgan fingerprint density at radius 3 is 2.85 bits per heavy atom. The van der Waals surface area contributed by atoms with Crippen LogP contribution in [0.3, 0.4) is 0 Å². The number of nitrogens with zero attached hydrogens (tertiary/aromatic N) is 2. The molecule has 0 aliphatic heterocycles. The predicted molar refractivity (Wildman–Crippen MR) is 73.3 cm³/mol. The zero-order valence-electron chi connectivity index (χ0n) is 11.4. The van der Waals surface area contributed by atoms with Gasteiger partial charge in [-0.3, -0.25) is 10.1 Å². The molecule has 0 aromatic heterocycles. The third-order valence-electron chi connectivity index (χ3n) is 3.55. The maximum Gasteiger partial charge on any atom is 0.310 e. The molecule has 1 aromatic rings. The van der Waals surface area contributed by atoms with E-state index in [2.05, 4.69) is 11.4 Å². The normalized spacial score (nSPS) is 15.4. The highest BCUT2D eigenvalue weighted by Gasteiger charge is 2.43. The van der Waals surface area contributed by atoms with Gasteiger partial charge >= 0.3 is 5.69 Å². The molecule has 106 valence electrons. The third kappa shape index (κ3) is 3.25. The molecule has 0 bridgehead atoms. The van der Waals surface area contributed by atoms with E-state index in [1.807, 2.05) is 7.05 Å². The summed E-state index contributed by atoms with van der Waals surface area (Å²) in [5.41, 5.74) is 0.803. The van der Waals surface area contributed by atoms with Gasteiger partial charge in [0.15, 0.2) is 5.75 Å². The summed E-state index contributed by atoms with van der Waals surface area (Å²) in [6.45, 7) is 0.988. The number of nitro benzene ring substituents is 1. The summed E-state index contributed by atoms with van der Waals surface area (Å²) in [6, 6.07) is 7.02. The summed E-state index contributed by atoms with van der Waals surface area (Å²) in [6.07, 6.45) is 2.34. The summed E-state index contributed by atoms with van der Waals surface area (Å²) in [5, 5.41) is 22.8. The molecule has 0 heterocycles. The van der Waals surface area contributed by atoms with Gasteiger partial charge in [0.2, 0.25) is 0 Å². The molecule has 1 aromatic carbocycles. The molecule has 0 saturated heterocycles. The molecule has 1 aliphatic rings. The van der Waals surface area contributed by atoms with Crippen molar-refractivity contribution in [2.45, 2.75) is 25.8 Å². The van der Waals surface area contributed by atoms with Gasteiger partial charge in [-0.05, 0) is 31.5 Å². The maximum absolute atomic E-state index is 11.0. The van der Waals surface area contributed by atoms with Crippen molar-refractivity contribution < 1.29 is 9.66 Å². The highest BCUT2D eigenvalue weighted by atomic mass is 16.6. The van der Waals surface area contributed by atoms with Crippen LogP contribution in [0.4, 0.5) is 5.69 Å². The van der Waals surface area contributed by atoms with Gasteiger partial charge in [-0.1, -0.05) is 6.07 Å². The van der Waals surface area contributed by atoms with Crippen molar-refractivity contribution in [2.75, 3.05) is 13.7 Å². The van der Waals surface area contributed by atoms with Gasteiger partial charge in [-0.2, -0.15) is 5.26 Å². The van der Waals surface area contributed by atoms with Gasteiger partial charge < -0.3 is 10.1 Å². The number of ether oxygens (including phenoxy) is 1. The highest BCUT2D eigenvalue weighted by Crippen LogP contribution is 2.49. The minimum absolute atomic E-state index is 0.0300. The van der Waals surface area contributed by atoms with Gasteiger partial charge in [0.05, 0.1) is 17.6 Å². The molecule has 0 atom stereocenters. The number of hydrogen-bond donors (Lipinski definition) is 1. The zero-order valence-corrected chi connectivity index (χ0v) is 11.4. The second-order valence-electron chi connectivity index (χ2n) is 5.21. The first kappa shape index (κ1) is 14.3. The topological polar surface area (TPSA) is 88.2 Å². The highest BCUT2D eigenvalue weighted by molar-refractivity contribution is 5.48. The number of nitriles is 1. The Bertz CT molecular complexity index is 547. The first-order valence-electron chi connectivity index (χ1n) is 6.52. The summed E-state index contributed by atoms with van der Waals surface area (Å²) in [5.74, 6) is 0.284. The molecule has 2 rings (SSSR count). The lowest BCUT2D eigenvalue weighted by Gasteiger charge is -2.13. The van der Waals surface area contributed by atoms with Crippen LogP contribution in [0.5, 0.6) is 5.75 Å². The van der Waals surface area contributed by atoms with Crippen LogP contribution in [0.2, 0.25) is 0 Å². The van der Waals surface area contributed by atoms with E-state index in [1.54, 1.807) is 12.1 Å². The van der Waals surface area contributed by atoms with Crippen LogP contribution in [0, 0.1) is 26.9 Å². The van der Waals surface area contributed by atoms with E-state index >= 15 is 0 Å². The Morgan fingerprint density at radius 1 is 1.55 bits per heavy atom. The van der Waals surface area contributed by atoms with E-state index in [4.69, 9.17) is 10.00 Å². The lowest BCUT2D eigenvalue weighted by Crippen LogP contribution is -2.13. The van der Waals surface area contributed by atoms with Gasteiger partial charge in [0.1, 0.15) is 0 Å². The SMILES string of the molecule is CNCc1ccc([N+](=O)[O-])c(OCC2(CC#N)CC2)c1. The number of rotatable bonds is 7.